The molecule has 0 atom stereocenters. The fraction of sp³-hybridized carbons (Fsp3) is 0.208. The van der Waals surface area contributed by atoms with Crippen molar-refractivity contribution in [3.05, 3.63) is 93.5 Å². The summed E-state index contributed by atoms with van der Waals surface area (Å²) in [5.74, 6) is 0. The summed E-state index contributed by atoms with van der Waals surface area (Å²) in [7, 11) is -3.19. The minimum Gasteiger partial charge on any atom is -0.212 e. The summed E-state index contributed by atoms with van der Waals surface area (Å²) in [5, 5.41) is 9.68. The van der Waals surface area contributed by atoms with Gasteiger partial charge in [0.05, 0.1) is 17.9 Å². The molecule has 0 fully saturated rings. The molecule has 0 aliphatic carbocycles. The number of nitriles is 1. The molecule has 1 aliphatic heterocycles. The Kier molecular flexibility index (Phi) is 5.66. The highest BCUT2D eigenvalue weighted by molar-refractivity contribution is 7.88. The molecule has 1 heterocycles. The van der Waals surface area contributed by atoms with Crippen LogP contribution in [0.3, 0.4) is 0 Å². The summed E-state index contributed by atoms with van der Waals surface area (Å²) in [6.45, 7) is 0.944. The van der Waals surface area contributed by atoms with E-state index in [-0.39, 0.29) is 0 Å². The van der Waals surface area contributed by atoms with Gasteiger partial charge in [-0.15, -0.1) is 0 Å². The number of hydrogen-bond donors (Lipinski definition) is 0. The van der Waals surface area contributed by atoms with Crippen LogP contribution in [0.25, 0.3) is 11.1 Å². The van der Waals surface area contributed by atoms with Crippen LogP contribution < -0.4 is 0 Å². The van der Waals surface area contributed by atoms with Crippen molar-refractivity contribution in [3.8, 4) is 17.2 Å². The molecule has 0 bridgehead atoms. The second-order valence-electron chi connectivity index (χ2n) is 7.58. The number of fused-ring (bicyclic) bond motifs is 1. The van der Waals surface area contributed by atoms with Crippen LogP contribution >= 0.6 is 11.6 Å². The smallest absolute Gasteiger partial charge is 0.211 e. The van der Waals surface area contributed by atoms with E-state index in [0.29, 0.717) is 30.1 Å². The van der Waals surface area contributed by atoms with Crippen LogP contribution in [-0.4, -0.2) is 25.5 Å². The van der Waals surface area contributed by atoms with E-state index < -0.39 is 10.0 Å². The lowest BCUT2D eigenvalue weighted by molar-refractivity contribution is 0.394. The van der Waals surface area contributed by atoms with Crippen molar-refractivity contribution in [2.75, 3.05) is 12.8 Å². The second-order valence-corrected chi connectivity index (χ2v) is 9.97. The van der Waals surface area contributed by atoms with Gasteiger partial charge < -0.3 is 0 Å². The van der Waals surface area contributed by atoms with E-state index in [1.165, 1.54) is 21.7 Å². The minimum absolute atomic E-state index is 0.430. The third-order valence-electron chi connectivity index (χ3n) is 5.55. The Bertz CT molecular complexity index is 1250. The highest BCUT2D eigenvalue weighted by atomic mass is 35.5. The summed E-state index contributed by atoms with van der Waals surface area (Å²) in [5.41, 5.74) is 7.20. The number of rotatable bonds is 4. The lowest BCUT2D eigenvalue weighted by Crippen LogP contribution is -2.35. The Morgan fingerprint density at radius 2 is 1.87 bits per heavy atom. The van der Waals surface area contributed by atoms with E-state index in [9.17, 15) is 8.42 Å². The summed E-state index contributed by atoms with van der Waals surface area (Å²) >= 11 is 6.45. The van der Waals surface area contributed by atoms with Crippen molar-refractivity contribution in [3.63, 3.8) is 0 Å². The third-order valence-corrected chi connectivity index (χ3v) is 7.13. The quantitative estimate of drug-likeness (QED) is 0.590. The maximum atomic E-state index is 11.9. The van der Waals surface area contributed by atoms with Gasteiger partial charge in [-0.3, -0.25) is 0 Å². The maximum Gasteiger partial charge on any atom is 0.211 e. The average molecular weight is 437 g/mol. The Morgan fingerprint density at radius 3 is 2.57 bits per heavy atom. The van der Waals surface area contributed by atoms with Crippen molar-refractivity contribution >= 4 is 21.6 Å². The summed E-state index contributed by atoms with van der Waals surface area (Å²) in [4.78, 5) is 0. The first-order valence-electron chi connectivity index (χ1n) is 9.69. The molecule has 0 unspecified atom stereocenters. The van der Waals surface area contributed by atoms with Gasteiger partial charge in [-0.1, -0.05) is 48.0 Å². The van der Waals surface area contributed by atoms with Gasteiger partial charge in [0.15, 0.2) is 0 Å². The molecule has 0 spiro atoms. The first kappa shape index (κ1) is 20.6. The molecular weight excluding hydrogens is 416 g/mol. The zero-order valence-corrected chi connectivity index (χ0v) is 18.2. The predicted molar refractivity (Wildman–Crippen MR) is 120 cm³/mol. The maximum absolute atomic E-state index is 11.9. The predicted octanol–water partition coefficient (Wildman–Crippen LogP) is 4.79. The average Bonchev–Trinajstić information content (AvgIpc) is 2.74. The highest BCUT2D eigenvalue weighted by Crippen LogP contribution is 2.31. The molecule has 0 amide bonds. The van der Waals surface area contributed by atoms with Gasteiger partial charge >= 0.3 is 0 Å². The van der Waals surface area contributed by atoms with Gasteiger partial charge in [0, 0.05) is 23.7 Å². The monoisotopic (exact) mass is 436 g/mol. The number of benzene rings is 3. The molecule has 0 saturated carbocycles. The Hall–Kier alpha value is -2.65. The number of hydrogen-bond acceptors (Lipinski definition) is 3. The minimum atomic E-state index is -3.19. The van der Waals surface area contributed by atoms with Crippen LogP contribution in [0.5, 0.6) is 0 Å². The van der Waals surface area contributed by atoms with E-state index in [1.54, 1.807) is 12.1 Å². The first-order chi connectivity index (χ1) is 14.3. The number of halogens is 1. The fourth-order valence-electron chi connectivity index (χ4n) is 3.96. The molecule has 0 aromatic heterocycles. The van der Waals surface area contributed by atoms with Crippen LogP contribution in [0, 0.1) is 11.3 Å². The Balaban J connectivity index is 1.64. The molecule has 4 rings (SSSR count). The van der Waals surface area contributed by atoms with Crippen molar-refractivity contribution in [2.45, 2.75) is 19.4 Å². The normalized spacial score (nSPS) is 14.2. The molecule has 30 heavy (non-hydrogen) atoms. The van der Waals surface area contributed by atoms with Crippen LogP contribution in [0.4, 0.5) is 0 Å². The van der Waals surface area contributed by atoms with Gasteiger partial charge in [-0.25, -0.2) is 8.42 Å². The van der Waals surface area contributed by atoms with Gasteiger partial charge in [0.2, 0.25) is 10.0 Å². The van der Waals surface area contributed by atoms with Crippen molar-refractivity contribution in [1.29, 1.82) is 5.26 Å². The van der Waals surface area contributed by atoms with Crippen LogP contribution in [0.1, 0.15) is 27.8 Å². The van der Waals surface area contributed by atoms with Gasteiger partial charge in [0.1, 0.15) is 0 Å². The fourth-order valence-corrected chi connectivity index (χ4v) is 4.98. The zero-order chi connectivity index (χ0) is 21.3. The van der Waals surface area contributed by atoms with Crippen LogP contribution in [-0.2, 0) is 29.4 Å². The largest absolute Gasteiger partial charge is 0.212 e. The summed E-state index contributed by atoms with van der Waals surface area (Å²) in [6, 6.07) is 21.7. The zero-order valence-electron chi connectivity index (χ0n) is 16.6. The lowest BCUT2D eigenvalue weighted by atomic mass is 9.91. The van der Waals surface area contributed by atoms with Crippen molar-refractivity contribution in [1.82, 2.24) is 4.31 Å². The Morgan fingerprint density at radius 1 is 1.10 bits per heavy atom. The molecule has 0 radical (unpaired) electrons. The van der Waals surface area contributed by atoms with E-state index >= 15 is 0 Å². The molecule has 3 aromatic rings. The van der Waals surface area contributed by atoms with E-state index in [1.807, 2.05) is 36.4 Å². The van der Waals surface area contributed by atoms with Gasteiger partial charge in [0.25, 0.3) is 0 Å². The van der Waals surface area contributed by atoms with Gasteiger partial charge in [-0.2, -0.15) is 9.57 Å². The topological polar surface area (TPSA) is 61.2 Å². The highest BCUT2D eigenvalue weighted by Gasteiger charge is 2.24. The molecular formula is C24H21ClN2O2S. The molecule has 3 aromatic carbocycles. The molecule has 152 valence electrons. The summed E-state index contributed by atoms with van der Waals surface area (Å²) in [6.07, 6.45) is 2.73. The number of sulfonamides is 1. The standard InChI is InChI=1S/C24H21ClN2O2S/c1-30(28,29)27-12-11-22-20(3-2-4-21(22)16-27)13-18-7-10-24(25)23(14-18)19-8-5-17(15-26)6-9-19/h2-10,14H,11-13,16H2,1H3. The molecule has 0 N–H and O–H groups in total. The lowest BCUT2D eigenvalue weighted by Gasteiger charge is -2.28. The van der Waals surface area contributed by atoms with E-state index in [4.69, 9.17) is 16.9 Å². The first-order valence-corrected chi connectivity index (χ1v) is 11.9. The second kappa shape index (κ2) is 8.23. The molecule has 1 aliphatic rings. The third kappa shape index (κ3) is 4.27. The Labute approximate surface area is 182 Å². The van der Waals surface area contributed by atoms with Gasteiger partial charge in [-0.05, 0) is 64.9 Å². The van der Waals surface area contributed by atoms with E-state index in [0.717, 1.165) is 28.7 Å². The number of nitrogens with zero attached hydrogens (tertiary/aromatic N) is 2. The van der Waals surface area contributed by atoms with Crippen LogP contribution in [0.15, 0.2) is 60.7 Å². The van der Waals surface area contributed by atoms with Crippen molar-refractivity contribution < 1.29 is 8.42 Å². The summed E-state index contributed by atoms with van der Waals surface area (Å²) < 4.78 is 25.4. The van der Waals surface area contributed by atoms with E-state index in [2.05, 4.69) is 18.2 Å². The van der Waals surface area contributed by atoms with Crippen molar-refractivity contribution in [2.24, 2.45) is 0 Å². The molecule has 0 saturated heterocycles. The molecule has 4 nitrogen and oxygen atoms in total. The SMILES string of the molecule is CS(=O)(=O)N1CCc2c(Cc3ccc(Cl)c(-c4ccc(C#N)cc4)c3)cccc2C1. The molecule has 6 heteroatoms. The van der Waals surface area contributed by atoms with Crippen LogP contribution in [0.2, 0.25) is 5.02 Å².